The second kappa shape index (κ2) is 7.12. The van der Waals surface area contributed by atoms with Crippen molar-refractivity contribution in [3.05, 3.63) is 41.4 Å². The van der Waals surface area contributed by atoms with Gasteiger partial charge in [-0.2, -0.15) is 0 Å². The van der Waals surface area contributed by atoms with Crippen molar-refractivity contribution in [1.82, 2.24) is 0 Å². The van der Waals surface area contributed by atoms with Gasteiger partial charge in [-0.1, -0.05) is 22.0 Å². The van der Waals surface area contributed by atoms with Gasteiger partial charge < -0.3 is 9.47 Å². The molecule has 0 radical (unpaired) electrons. The molecule has 1 fully saturated rings. The van der Waals surface area contributed by atoms with Crippen LogP contribution in [0.3, 0.4) is 0 Å². The summed E-state index contributed by atoms with van der Waals surface area (Å²) in [6.45, 7) is 3.77. The van der Waals surface area contributed by atoms with Crippen molar-refractivity contribution >= 4 is 21.9 Å². The number of halogens is 1. The second-order valence-electron chi connectivity index (χ2n) is 5.54. The molecule has 4 heteroatoms. The van der Waals surface area contributed by atoms with Crippen molar-refractivity contribution in [3.8, 4) is 5.75 Å². The summed E-state index contributed by atoms with van der Waals surface area (Å²) in [7, 11) is 1.46. The first-order chi connectivity index (χ1) is 10.1. The number of hydrogen-bond donors (Lipinski definition) is 0. The van der Waals surface area contributed by atoms with E-state index in [0.29, 0.717) is 6.42 Å². The molecule has 0 bridgehead atoms. The van der Waals surface area contributed by atoms with Crippen LogP contribution in [0.25, 0.3) is 0 Å². The van der Waals surface area contributed by atoms with E-state index >= 15 is 0 Å². The first-order valence-electron chi connectivity index (χ1n) is 7.21. The Morgan fingerprint density at radius 1 is 1.38 bits per heavy atom. The van der Waals surface area contributed by atoms with Gasteiger partial charge in [0.1, 0.15) is 5.75 Å². The van der Waals surface area contributed by atoms with Gasteiger partial charge in [0, 0.05) is 4.47 Å². The fraction of sp³-hybridized carbons (Fsp3) is 0.471. The fourth-order valence-electron chi connectivity index (χ4n) is 2.95. The first kappa shape index (κ1) is 16.1. The van der Waals surface area contributed by atoms with Gasteiger partial charge in [-0.05, 0) is 56.4 Å². The molecular formula is C17H21BrO3. The molecule has 0 heterocycles. The second-order valence-corrected chi connectivity index (χ2v) is 6.45. The Morgan fingerprint density at radius 3 is 2.52 bits per heavy atom. The van der Waals surface area contributed by atoms with Gasteiger partial charge in [-0.3, -0.25) is 4.79 Å². The molecular weight excluding hydrogens is 332 g/mol. The van der Waals surface area contributed by atoms with Crippen LogP contribution >= 0.6 is 15.9 Å². The molecule has 0 amide bonds. The molecule has 114 valence electrons. The minimum Gasteiger partial charge on any atom is -0.490 e. The van der Waals surface area contributed by atoms with Gasteiger partial charge in [-0.25, -0.2) is 0 Å². The molecule has 1 aliphatic rings. The zero-order valence-electron chi connectivity index (χ0n) is 12.3. The van der Waals surface area contributed by atoms with E-state index in [1.54, 1.807) is 0 Å². The van der Waals surface area contributed by atoms with E-state index in [2.05, 4.69) is 22.5 Å². The Kier molecular flexibility index (Phi) is 5.45. The van der Waals surface area contributed by atoms with Crippen LogP contribution < -0.4 is 4.74 Å². The van der Waals surface area contributed by atoms with Crippen molar-refractivity contribution in [3.63, 3.8) is 0 Å². The Labute approximate surface area is 134 Å². The monoisotopic (exact) mass is 352 g/mol. The van der Waals surface area contributed by atoms with Crippen molar-refractivity contribution in [1.29, 1.82) is 0 Å². The Bertz CT molecular complexity index is 487. The van der Waals surface area contributed by atoms with E-state index in [9.17, 15) is 4.79 Å². The third-order valence-electron chi connectivity index (χ3n) is 4.16. The summed E-state index contributed by atoms with van der Waals surface area (Å²) in [6.07, 6.45) is 5.93. The summed E-state index contributed by atoms with van der Waals surface area (Å²) < 4.78 is 12.0. The number of allylic oxidation sites excluding steroid dienone is 1. The minimum atomic E-state index is -0.407. The molecule has 0 aromatic heterocycles. The third-order valence-corrected chi connectivity index (χ3v) is 4.69. The van der Waals surface area contributed by atoms with E-state index in [0.717, 1.165) is 35.9 Å². The lowest BCUT2D eigenvalue weighted by Gasteiger charge is -2.37. The van der Waals surface area contributed by atoms with Crippen molar-refractivity contribution in [2.75, 3.05) is 7.11 Å². The third kappa shape index (κ3) is 3.88. The number of carbonyl (C=O) groups is 1. The molecule has 0 saturated heterocycles. The summed E-state index contributed by atoms with van der Waals surface area (Å²) in [5, 5.41) is 0. The number of carbonyl (C=O) groups excluding carboxylic acids is 1. The normalized spacial score (nSPS) is 25.1. The molecule has 2 rings (SSSR count). The average Bonchev–Trinajstić information content (AvgIpc) is 2.51. The van der Waals surface area contributed by atoms with E-state index in [1.807, 2.05) is 30.3 Å². The summed E-state index contributed by atoms with van der Waals surface area (Å²) >= 11 is 3.41. The zero-order chi connectivity index (χ0) is 15.3. The SMILES string of the molecule is C=CCC1(C(=O)OC)CCC(Oc2ccc(Br)cc2)CC1. The standard InChI is InChI=1S/C17H21BrO3/c1-3-10-17(16(19)20-2)11-8-15(9-12-17)21-14-6-4-13(18)5-7-14/h3-7,15H,1,8-12H2,2H3. The lowest BCUT2D eigenvalue weighted by Crippen LogP contribution is -2.38. The van der Waals surface area contributed by atoms with Gasteiger partial charge in [0.05, 0.1) is 18.6 Å². The highest BCUT2D eigenvalue weighted by atomic mass is 79.9. The molecule has 1 saturated carbocycles. The summed E-state index contributed by atoms with van der Waals surface area (Å²) in [6, 6.07) is 7.84. The fourth-order valence-corrected chi connectivity index (χ4v) is 3.22. The molecule has 0 atom stereocenters. The van der Waals surface area contributed by atoms with Crippen LogP contribution in [0, 0.1) is 5.41 Å². The van der Waals surface area contributed by atoms with E-state index in [1.165, 1.54) is 7.11 Å². The van der Waals surface area contributed by atoms with Crippen LogP contribution in [0.5, 0.6) is 5.75 Å². The first-order valence-corrected chi connectivity index (χ1v) is 8.00. The van der Waals surface area contributed by atoms with E-state index < -0.39 is 5.41 Å². The van der Waals surface area contributed by atoms with Gasteiger partial charge in [0.2, 0.25) is 0 Å². The maximum absolute atomic E-state index is 12.1. The Hall–Kier alpha value is -1.29. The molecule has 21 heavy (non-hydrogen) atoms. The average molecular weight is 353 g/mol. The van der Waals surface area contributed by atoms with Crippen LogP contribution in [0.4, 0.5) is 0 Å². The molecule has 1 aliphatic carbocycles. The molecule has 0 aliphatic heterocycles. The maximum atomic E-state index is 12.1. The van der Waals surface area contributed by atoms with Gasteiger partial charge >= 0.3 is 5.97 Å². The lowest BCUT2D eigenvalue weighted by molar-refractivity contribution is -0.155. The molecule has 0 spiro atoms. The molecule has 0 unspecified atom stereocenters. The Morgan fingerprint density at radius 2 is 2.00 bits per heavy atom. The van der Waals surface area contributed by atoms with Crippen LogP contribution in [-0.4, -0.2) is 19.2 Å². The van der Waals surface area contributed by atoms with Gasteiger partial charge in [-0.15, -0.1) is 6.58 Å². The van der Waals surface area contributed by atoms with Crippen LogP contribution in [0.1, 0.15) is 32.1 Å². The molecule has 0 N–H and O–H groups in total. The van der Waals surface area contributed by atoms with Crippen molar-refractivity contribution < 1.29 is 14.3 Å². The zero-order valence-corrected chi connectivity index (χ0v) is 13.9. The predicted molar refractivity (Wildman–Crippen MR) is 86.3 cm³/mol. The quantitative estimate of drug-likeness (QED) is 0.577. The molecule has 3 nitrogen and oxygen atoms in total. The highest BCUT2D eigenvalue weighted by Crippen LogP contribution is 2.41. The smallest absolute Gasteiger partial charge is 0.312 e. The van der Waals surface area contributed by atoms with E-state index in [4.69, 9.17) is 9.47 Å². The Balaban J connectivity index is 1.96. The lowest BCUT2D eigenvalue weighted by atomic mass is 9.71. The highest BCUT2D eigenvalue weighted by molar-refractivity contribution is 9.10. The molecule has 1 aromatic carbocycles. The van der Waals surface area contributed by atoms with E-state index in [-0.39, 0.29) is 12.1 Å². The minimum absolute atomic E-state index is 0.121. The maximum Gasteiger partial charge on any atom is 0.312 e. The number of esters is 1. The summed E-state index contributed by atoms with van der Waals surface area (Å²) in [5.41, 5.74) is -0.407. The largest absolute Gasteiger partial charge is 0.490 e. The highest BCUT2D eigenvalue weighted by Gasteiger charge is 2.42. The van der Waals surface area contributed by atoms with Gasteiger partial charge in [0.15, 0.2) is 0 Å². The number of hydrogen-bond acceptors (Lipinski definition) is 3. The van der Waals surface area contributed by atoms with Crippen molar-refractivity contribution in [2.45, 2.75) is 38.2 Å². The summed E-state index contributed by atoms with van der Waals surface area (Å²) in [5.74, 6) is 0.752. The van der Waals surface area contributed by atoms with Gasteiger partial charge in [0.25, 0.3) is 0 Å². The van der Waals surface area contributed by atoms with Crippen LogP contribution in [0.2, 0.25) is 0 Å². The van der Waals surface area contributed by atoms with Crippen molar-refractivity contribution in [2.24, 2.45) is 5.41 Å². The number of rotatable bonds is 5. The summed E-state index contributed by atoms with van der Waals surface area (Å²) in [4.78, 5) is 12.1. The topological polar surface area (TPSA) is 35.5 Å². The number of benzene rings is 1. The van der Waals surface area contributed by atoms with Crippen LogP contribution in [-0.2, 0) is 9.53 Å². The molecule has 1 aromatic rings. The number of methoxy groups -OCH3 is 1. The predicted octanol–water partition coefficient (Wildman–Crippen LogP) is 4.51. The number of ether oxygens (including phenoxy) is 2. The van der Waals surface area contributed by atoms with Crippen LogP contribution in [0.15, 0.2) is 41.4 Å².